The minimum Gasteiger partial charge on any atom is -0.483 e. The van der Waals surface area contributed by atoms with Crippen molar-refractivity contribution in [1.29, 1.82) is 0 Å². The van der Waals surface area contributed by atoms with Crippen molar-refractivity contribution in [2.75, 3.05) is 65.4 Å². The van der Waals surface area contributed by atoms with Crippen LogP contribution >= 0.6 is 22.7 Å². The van der Waals surface area contributed by atoms with Crippen LogP contribution in [0.1, 0.15) is 120 Å². The summed E-state index contributed by atoms with van der Waals surface area (Å²) in [7, 11) is 0. The molecule has 85 heavy (non-hydrogen) atoms. The maximum atomic E-state index is 12.7. The average Bonchev–Trinajstić information content (AvgIpc) is 2.41. The van der Waals surface area contributed by atoms with E-state index in [-0.39, 0.29) is 30.1 Å². The number of carboxylic acid groups (broad SMARTS) is 1. The van der Waals surface area contributed by atoms with E-state index in [9.17, 15) is 19.2 Å². The first-order chi connectivity index (χ1) is 41.3. The van der Waals surface area contributed by atoms with Crippen LogP contribution in [-0.4, -0.2) is 141 Å². The number of fused-ring (bicyclic) bond motifs is 6. The molecule has 4 aromatic carbocycles. The molecule has 6 heterocycles. The Morgan fingerprint density at radius 1 is 0.541 bits per heavy atom. The highest BCUT2D eigenvalue weighted by molar-refractivity contribution is 7.24. The van der Waals surface area contributed by atoms with Gasteiger partial charge in [-0.05, 0) is 113 Å². The number of hydrogen-bond donors (Lipinski definition) is 5. The summed E-state index contributed by atoms with van der Waals surface area (Å²) in [5.41, 5.74) is 7.19. The predicted octanol–water partition coefficient (Wildman–Crippen LogP) is 10.4. The number of rotatable bonds is 28. The minimum atomic E-state index is -0.402. The molecule has 4 amide bonds. The number of terminal acetylenes is 2. The van der Waals surface area contributed by atoms with Gasteiger partial charge in [0.15, 0.2) is 21.2 Å². The number of carbonyl (C=O) groups is 5. The van der Waals surface area contributed by atoms with Gasteiger partial charge in [0.2, 0.25) is 0 Å². The van der Waals surface area contributed by atoms with E-state index in [1.54, 1.807) is 22.7 Å². The second kappa shape index (κ2) is 29.7. The zero-order valence-electron chi connectivity index (χ0n) is 48.5. The molecule has 2 aliphatic heterocycles. The maximum Gasteiger partial charge on any atom is 0.290 e. The van der Waals surface area contributed by atoms with Gasteiger partial charge in [0.1, 0.15) is 0 Å². The number of amides is 4. The first-order valence-corrected chi connectivity index (χ1v) is 30.4. The van der Waals surface area contributed by atoms with E-state index in [1.165, 1.54) is 0 Å². The largest absolute Gasteiger partial charge is 0.483 e. The fraction of sp³-hybridized carbons (Fsp3) is 0.381. The zero-order valence-corrected chi connectivity index (χ0v) is 50.1. The number of benzene rings is 4. The lowest BCUT2D eigenvalue weighted by Gasteiger charge is -2.17. The maximum absolute atomic E-state index is 12.7. The van der Waals surface area contributed by atoms with Crippen molar-refractivity contribution in [2.45, 2.75) is 90.4 Å². The van der Waals surface area contributed by atoms with Crippen molar-refractivity contribution in [2.24, 2.45) is 20.5 Å². The van der Waals surface area contributed by atoms with Gasteiger partial charge in [0.25, 0.3) is 30.1 Å². The number of hydrogen-bond acceptors (Lipinski definition) is 15. The number of imidazole rings is 2. The van der Waals surface area contributed by atoms with Gasteiger partial charge < -0.3 is 36.2 Å². The number of thiazole rings is 2. The molecule has 0 radical (unpaired) electrons. The highest BCUT2D eigenvalue weighted by atomic mass is 32.1. The highest BCUT2D eigenvalue weighted by Gasteiger charge is 2.39. The molecule has 8 aromatic rings. The van der Waals surface area contributed by atoms with Crippen LogP contribution < -0.4 is 21.3 Å². The molecule has 442 valence electrons. The summed E-state index contributed by atoms with van der Waals surface area (Å²) in [4.78, 5) is 75.0. The third kappa shape index (κ3) is 16.4. The van der Waals surface area contributed by atoms with Gasteiger partial charge in [0, 0.05) is 110 Å². The van der Waals surface area contributed by atoms with Crippen LogP contribution in [0, 0.1) is 24.7 Å². The molecule has 0 fully saturated rings. The summed E-state index contributed by atoms with van der Waals surface area (Å²) in [6, 6.07) is 26.4. The van der Waals surface area contributed by atoms with Gasteiger partial charge >= 0.3 is 0 Å². The van der Waals surface area contributed by atoms with Crippen LogP contribution in [0.3, 0.4) is 0 Å². The van der Waals surface area contributed by atoms with Crippen LogP contribution in [-0.2, 0) is 4.79 Å². The quantitative estimate of drug-likeness (QED) is 0.0176. The Bertz CT molecular complexity index is 3510. The third-order valence-electron chi connectivity index (χ3n) is 15.0. The van der Waals surface area contributed by atoms with Crippen molar-refractivity contribution >= 4 is 83.1 Å². The molecule has 0 atom stereocenters. The average molecular weight is 1190 g/mol. The summed E-state index contributed by atoms with van der Waals surface area (Å²) in [5, 5.41) is 35.3. The lowest BCUT2D eigenvalue weighted by Crippen LogP contribution is -2.29. The Labute approximate surface area is 502 Å². The van der Waals surface area contributed by atoms with Gasteiger partial charge in [-0.25, -0.2) is 9.97 Å². The van der Waals surface area contributed by atoms with Crippen LogP contribution in [0.15, 0.2) is 118 Å². The monoisotopic (exact) mass is 1180 g/mol. The molecule has 0 unspecified atom stereocenters. The Morgan fingerprint density at radius 3 is 1.22 bits per heavy atom. The predicted molar refractivity (Wildman–Crippen MR) is 335 cm³/mol. The fourth-order valence-electron chi connectivity index (χ4n) is 9.73. The van der Waals surface area contributed by atoms with E-state index in [0.717, 1.165) is 118 Å². The Morgan fingerprint density at radius 2 is 0.882 bits per heavy atom. The van der Waals surface area contributed by atoms with Crippen LogP contribution in [0.4, 0.5) is 0 Å². The van der Waals surface area contributed by atoms with Gasteiger partial charge in [-0.15, -0.1) is 24.7 Å². The lowest BCUT2D eigenvalue weighted by molar-refractivity contribution is -0.122. The summed E-state index contributed by atoms with van der Waals surface area (Å²) in [6.45, 7) is 16.7. The van der Waals surface area contributed by atoms with E-state index in [2.05, 4.69) is 91.1 Å². The van der Waals surface area contributed by atoms with Gasteiger partial charge in [-0.1, -0.05) is 74.6 Å². The number of aromatic nitrogens is 4. The van der Waals surface area contributed by atoms with Gasteiger partial charge in [0.05, 0.1) is 31.8 Å². The Balaban J connectivity index is 0.000000212. The van der Waals surface area contributed by atoms with Crippen molar-refractivity contribution in [3.8, 4) is 47.2 Å². The van der Waals surface area contributed by atoms with Gasteiger partial charge in [-0.3, -0.25) is 32.8 Å². The third-order valence-corrected chi connectivity index (χ3v) is 17.0. The van der Waals surface area contributed by atoms with E-state index >= 15 is 0 Å². The van der Waals surface area contributed by atoms with E-state index in [1.807, 2.05) is 106 Å². The minimum absolute atomic E-state index is 0.0526. The normalized spacial score (nSPS) is 13.2. The van der Waals surface area contributed by atoms with Crippen LogP contribution in [0.25, 0.3) is 52.9 Å². The van der Waals surface area contributed by atoms with Crippen LogP contribution in [0.5, 0.6) is 0 Å². The van der Waals surface area contributed by atoms with Crippen molar-refractivity contribution in [1.82, 2.24) is 49.8 Å². The van der Waals surface area contributed by atoms with E-state index in [4.69, 9.17) is 32.7 Å². The fourth-order valence-corrected chi connectivity index (χ4v) is 11.8. The topological polar surface area (TPSA) is 244 Å². The molecule has 20 nitrogen and oxygen atoms in total. The van der Waals surface area contributed by atoms with Gasteiger partial charge in [-0.2, -0.15) is 20.5 Å². The van der Waals surface area contributed by atoms with Crippen molar-refractivity contribution in [3.05, 3.63) is 120 Å². The smallest absolute Gasteiger partial charge is 0.290 e. The second-order valence-electron chi connectivity index (χ2n) is 20.4. The molecular formula is C63H72N14O6S2. The summed E-state index contributed by atoms with van der Waals surface area (Å²) < 4.78 is 6.11. The summed E-state index contributed by atoms with van der Waals surface area (Å²) in [6.07, 6.45) is 20.5. The Hall–Kier alpha value is -8.67. The zero-order chi connectivity index (χ0) is 60.3. The molecule has 0 spiro atoms. The standard InChI is InChI=1S/2C31H35N7O2S.CH2O2/c2*1-4-7-15-31(35-36-31)16-18-33-28(39)23-11-9-22(10-12-23)25-21-38-26-14-13-24(20-27(26)41-30(38)34-25)29(40)32-17-8-19-37(5-2)6-3;2-1-3/h2*1,9-14,20-21H,5-8,15-19H2,2-3H3,(H,32,40)(H,33,39);1H,(H,2,3). The highest BCUT2D eigenvalue weighted by Crippen LogP contribution is 2.37. The molecule has 22 heteroatoms. The molecule has 0 bridgehead atoms. The molecule has 4 aromatic heterocycles. The molecule has 5 N–H and O–H groups in total. The number of nitrogens with one attached hydrogen (secondary N) is 4. The van der Waals surface area contributed by atoms with Crippen molar-refractivity contribution < 1.29 is 29.1 Å². The number of nitrogens with zero attached hydrogens (tertiary/aromatic N) is 10. The second-order valence-corrected chi connectivity index (χ2v) is 22.5. The summed E-state index contributed by atoms with van der Waals surface area (Å²) >= 11 is 3.10. The number of carbonyl (C=O) groups excluding carboxylic acids is 4. The molecular weight excluding hydrogens is 1110 g/mol. The first kappa shape index (κ1) is 62.4. The van der Waals surface area contributed by atoms with E-state index < -0.39 is 11.3 Å². The lowest BCUT2D eigenvalue weighted by atomic mass is 10.0. The molecule has 2 aliphatic rings. The first-order valence-electron chi connectivity index (χ1n) is 28.8. The molecule has 10 rings (SSSR count). The Kier molecular flexibility index (Phi) is 21.8. The summed E-state index contributed by atoms with van der Waals surface area (Å²) in [5.74, 6) is 4.85. The van der Waals surface area contributed by atoms with Crippen LogP contribution in [0.2, 0.25) is 0 Å². The molecule has 0 saturated heterocycles. The van der Waals surface area contributed by atoms with E-state index in [0.29, 0.717) is 74.1 Å². The van der Waals surface area contributed by atoms with Crippen molar-refractivity contribution in [3.63, 3.8) is 0 Å². The SMILES string of the molecule is C#CCCC1(CCNC(=O)c2ccc(-c3cn4c(n3)sc3cc(C(=O)NCCCN(CC)CC)ccc34)cc2)N=N1.C#CCCC1(CCNC(=O)c2ccc(-c3cn4c(n3)sc3cc(C(=O)NCCCN(CC)CC)ccc34)cc2)N=N1.O=CO. The molecule has 0 saturated carbocycles. The molecule has 0 aliphatic carbocycles.